The van der Waals surface area contributed by atoms with Gasteiger partial charge in [0.1, 0.15) is 12.1 Å². The van der Waals surface area contributed by atoms with Gasteiger partial charge in [0.05, 0.1) is 19.8 Å². The van der Waals surface area contributed by atoms with Crippen LogP contribution in [0.4, 0.5) is 4.39 Å². The van der Waals surface area contributed by atoms with Gasteiger partial charge in [0, 0.05) is 25.7 Å². The van der Waals surface area contributed by atoms with Crippen LogP contribution in [0.2, 0.25) is 0 Å². The molecule has 7 heteroatoms. The van der Waals surface area contributed by atoms with E-state index in [-0.39, 0.29) is 11.7 Å². The standard InChI is InChI=1S/C20H26FN3O3/c1-3-15(2)24(12-16-4-6-17(21)7-5-16)13-19-22-18(14-27-19)20(25)23-8-10-26-11-9-23/h4-7,14-15H,3,8-13H2,1-2H3. The second kappa shape index (κ2) is 9.10. The molecular formula is C20H26FN3O3. The highest BCUT2D eigenvalue weighted by Gasteiger charge is 2.23. The first kappa shape index (κ1) is 19.5. The number of rotatable bonds is 7. The Morgan fingerprint density at radius 1 is 1.26 bits per heavy atom. The summed E-state index contributed by atoms with van der Waals surface area (Å²) in [7, 11) is 0. The molecule has 1 aromatic heterocycles. The number of ether oxygens (including phenoxy) is 1. The quantitative estimate of drug-likeness (QED) is 0.744. The van der Waals surface area contributed by atoms with Crippen molar-refractivity contribution < 1.29 is 18.3 Å². The Balaban J connectivity index is 1.67. The zero-order valence-corrected chi connectivity index (χ0v) is 15.9. The molecule has 0 N–H and O–H groups in total. The fraction of sp³-hybridized carbons (Fsp3) is 0.500. The predicted octanol–water partition coefficient (Wildman–Crippen LogP) is 3.09. The minimum absolute atomic E-state index is 0.123. The summed E-state index contributed by atoms with van der Waals surface area (Å²) in [4.78, 5) is 20.9. The van der Waals surface area contributed by atoms with Crippen molar-refractivity contribution in [1.29, 1.82) is 0 Å². The summed E-state index contributed by atoms with van der Waals surface area (Å²) in [6, 6.07) is 6.80. The molecule has 1 fully saturated rings. The van der Waals surface area contributed by atoms with Crippen molar-refractivity contribution in [2.24, 2.45) is 0 Å². The molecule has 146 valence electrons. The molecule has 0 bridgehead atoms. The molecule has 1 aliphatic heterocycles. The third-order valence-electron chi connectivity index (χ3n) is 4.92. The van der Waals surface area contributed by atoms with Crippen LogP contribution in [-0.4, -0.2) is 53.0 Å². The zero-order valence-electron chi connectivity index (χ0n) is 15.9. The average Bonchev–Trinajstić information content (AvgIpc) is 3.17. The number of hydrogen-bond acceptors (Lipinski definition) is 5. The molecule has 2 aromatic rings. The van der Waals surface area contributed by atoms with Crippen LogP contribution in [0.25, 0.3) is 0 Å². The van der Waals surface area contributed by atoms with Crippen LogP contribution in [0.15, 0.2) is 34.9 Å². The molecule has 1 aromatic carbocycles. The fourth-order valence-electron chi connectivity index (χ4n) is 3.03. The zero-order chi connectivity index (χ0) is 19.2. The van der Waals surface area contributed by atoms with Crippen molar-refractivity contribution in [3.8, 4) is 0 Å². The van der Waals surface area contributed by atoms with Gasteiger partial charge in [-0.1, -0.05) is 19.1 Å². The third-order valence-corrected chi connectivity index (χ3v) is 4.92. The Labute approximate surface area is 158 Å². The first-order valence-electron chi connectivity index (χ1n) is 9.36. The number of oxazole rings is 1. The highest BCUT2D eigenvalue weighted by Crippen LogP contribution is 2.16. The van der Waals surface area contributed by atoms with E-state index in [2.05, 4.69) is 23.7 Å². The van der Waals surface area contributed by atoms with Crippen LogP contribution in [0.3, 0.4) is 0 Å². The van der Waals surface area contributed by atoms with E-state index in [9.17, 15) is 9.18 Å². The Morgan fingerprint density at radius 2 is 1.96 bits per heavy atom. The Kier molecular flexibility index (Phi) is 6.58. The summed E-state index contributed by atoms with van der Waals surface area (Å²) >= 11 is 0. The van der Waals surface area contributed by atoms with Crippen LogP contribution in [-0.2, 0) is 17.8 Å². The van der Waals surface area contributed by atoms with E-state index >= 15 is 0 Å². The van der Waals surface area contributed by atoms with E-state index in [1.54, 1.807) is 17.0 Å². The highest BCUT2D eigenvalue weighted by atomic mass is 19.1. The fourth-order valence-corrected chi connectivity index (χ4v) is 3.03. The van der Waals surface area contributed by atoms with Crippen LogP contribution in [0.1, 0.15) is 42.2 Å². The van der Waals surface area contributed by atoms with E-state index < -0.39 is 0 Å². The Morgan fingerprint density at radius 3 is 2.63 bits per heavy atom. The molecule has 1 unspecified atom stereocenters. The molecule has 6 nitrogen and oxygen atoms in total. The molecule has 0 spiro atoms. The summed E-state index contributed by atoms with van der Waals surface area (Å²) in [5.74, 6) is 0.142. The number of halogens is 1. The maximum atomic E-state index is 13.1. The van der Waals surface area contributed by atoms with Gasteiger partial charge in [-0.25, -0.2) is 9.37 Å². The lowest BCUT2D eigenvalue weighted by molar-refractivity contribution is 0.0299. The van der Waals surface area contributed by atoms with Gasteiger partial charge >= 0.3 is 0 Å². The monoisotopic (exact) mass is 375 g/mol. The third kappa shape index (κ3) is 5.14. The van der Waals surface area contributed by atoms with Crippen molar-refractivity contribution in [1.82, 2.24) is 14.8 Å². The van der Waals surface area contributed by atoms with Gasteiger partial charge in [0.2, 0.25) is 5.89 Å². The molecule has 0 aliphatic carbocycles. The van der Waals surface area contributed by atoms with Gasteiger partial charge in [-0.2, -0.15) is 0 Å². The van der Waals surface area contributed by atoms with Crippen molar-refractivity contribution >= 4 is 5.91 Å². The molecule has 1 aliphatic rings. The van der Waals surface area contributed by atoms with Crippen LogP contribution < -0.4 is 0 Å². The summed E-state index contributed by atoms with van der Waals surface area (Å²) < 4.78 is 24.0. The molecule has 0 radical (unpaired) electrons. The van der Waals surface area contributed by atoms with E-state index in [1.807, 2.05) is 0 Å². The maximum absolute atomic E-state index is 13.1. The first-order chi connectivity index (χ1) is 13.1. The number of carbonyl (C=O) groups is 1. The topological polar surface area (TPSA) is 58.8 Å². The highest BCUT2D eigenvalue weighted by molar-refractivity contribution is 5.92. The lowest BCUT2D eigenvalue weighted by Crippen LogP contribution is -2.40. The smallest absolute Gasteiger partial charge is 0.275 e. The number of hydrogen-bond donors (Lipinski definition) is 0. The summed E-state index contributed by atoms with van der Waals surface area (Å²) in [6.45, 7) is 7.64. The number of benzene rings is 1. The molecule has 1 amide bonds. The van der Waals surface area contributed by atoms with Gasteiger partial charge in [-0.15, -0.1) is 0 Å². The molecule has 2 heterocycles. The molecule has 1 atom stereocenters. The number of nitrogens with zero attached hydrogens (tertiary/aromatic N) is 3. The van der Waals surface area contributed by atoms with Crippen molar-refractivity contribution in [2.45, 2.75) is 39.4 Å². The molecule has 27 heavy (non-hydrogen) atoms. The summed E-state index contributed by atoms with van der Waals surface area (Å²) in [5.41, 5.74) is 1.35. The van der Waals surface area contributed by atoms with Gasteiger partial charge in [-0.3, -0.25) is 9.69 Å². The second-order valence-corrected chi connectivity index (χ2v) is 6.82. The maximum Gasteiger partial charge on any atom is 0.275 e. The minimum atomic E-state index is -0.243. The van der Waals surface area contributed by atoms with Crippen molar-refractivity contribution in [2.75, 3.05) is 26.3 Å². The normalized spacial score (nSPS) is 15.9. The number of carbonyl (C=O) groups excluding carboxylic acids is 1. The van der Waals surface area contributed by atoms with Gasteiger partial charge in [-0.05, 0) is 31.0 Å². The lowest BCUT2D eigenvalue weighted by Gasteiger charge is -2.27. The van der Waals surface area contributed by atoms with Crippen LogP contribution in [0, 0.1) is 5.82 Å². The van der Waals surface area contributed by atoms with E-state index in [0.717, 1.165) is 12.0 Å². The van der Waals surface area contributed by atoms with E-state index in [0.29, 0.717) is 57.0 Å². The SMILES string of the molecule is CCC(C)N(Cc1ccc(F)cc1)Cc1nc(C(=O)N2CCOCC2)co1. The number of aromatic nitrogens is 1. The Bertz CT molecular complexity index is 741. The lowest BCUT2D eigenvalue weighted by atomic mass is 10.1. The van der Waals surface area contributed by atoms with Crippen molar-refractivity contribution in [3.63, 3.8) is 0 Å². The van der Waals surface area contributed by atoms with Crippen LogP contribution >= 0.6 is 0 Å². The average molecular weight is 375 g/mol. The number of morpholine rings is 1. The number of amides is 1. The van der Waals surface area contributed by atoms with Gasteiger partial charge in [0.25, 0.3) is 5.91 Å². The largest absolute Gasteiger partial charge is 0.447 e. The molecule has 3 rings (SSSR count). The van der Waals surface area contributed by atoms with Gasteiger partial charge < -0.3 is 14.1 Å². The van der Waals surface area contributed by atoms with Crippen LogP contribution in [0.5, 0.6) is 0 Å². The van der Waals surface area contributed by atoms with E-state index in [4.69, 9.17) is 9.15 Å². The Hall–Kier alpha value is -2.25. The van der Waals surface area contributed by atoms with Gasteiger partial charge in [0.15, 0.2) is 5.69 Å². The van der Waals surface area contributed by atoms with E-state index in [1.165, 1.54) is 18.4 Å². The summed E-state index contributed by atoms with van der Waals surface area (Å²) in [6.07, 6.45) is 2.39. The second-order valence-electron chi connectivity index (χ2n) is 6.82. The predicted molar refractivity (Wildman–Crippen MR) is 98.6 cm³/mol. The molecule has 1 saturated heterocycles. The summed E-state index contributed by atoms with van der Waals surface area (Å²) in [5, 5.41) is 0. The minimum Gasteiger partial charge on any atom is -0.447 e. The molecular weight excluding hydrogens is 349 g/mol. The first-order valence-corrected chi connectivity index (χ1v) is 9.36. The van der Waals surface area contributed by atoms with Crippen molar-refractivity contribution in [3.05, 3.63) is 53.5 Å². The molecule has 0 saturated carbocycles.